The molecule has 0 radical (unpaired) electrons. The van der Waals surface area contributed by atoms with Crippen LogP contribution in [-0.4, -0.2) is 46.0 Å². The van der Waals surface area contributed by atoms with Gasteiger partial charge in [0.05, 0.1) is 12.8 Å². The summed E-state index contributed by atoms with van der Waals surface area (Å²) in [6.45, 7) is 1.84. The lowest BCUT2D eigenvalue weighted by Gasteiger charge is -2.31. The third-order valence-electron chi connectivity index (χ3n) is 5.44. The van der Waals surface area contributed by atoms with Gasteiger partial charge in [-0.2, -0.15) is 0 Å². The van der Waals surface area contributed by atoms with Crippen LogP contribution in [0.1, 0.15) is 35.2 Å². The van der Waals surface area contributed by atoms with Crippen LogP contribution in [0, 0.1) is 0 Å². The summed E-state index contributed by atoms with van der Waals surface area (Å²) in [4.78, 5) is 14.6. The quantitative estimate of drug-likeness (QED) is 0.791. The molecule has 2 aromatic rings. The van der Waals surface area contributed by atoms with Crippen molar-refractivity contribution in [3.8, 4) is 5.75 Å². The highest BCUT2D eigenvalue weighted by Crippen LogP contribution is 2.35. The molecular weight excluding hydrogens is 376 g/mol. The van der Waals surface area contributed by atoms with Crippen molar-refractivity contribution in [2.75, 3.05) is 31.0 Å². The number of sulfonamides is 1. The largest absolute Gasteiger partial charge is 0.495 e. The minimum absolute atomic E-state index is 0.0387. The van der Waals surface area contributed by atoms with Crippen LogP contribution in [-0.2, 0) is 16.4 Å². The standard InChI is InChI=1S/C21H24N2O4S/c1-27-19-11-10-17(21(24)22-12-4-5-13-22)15-20(19)28(25,26)23-14-6-8-16-7-2-3-9-18(16)23/h2-3,7,9-11,15H,4-6,8,12-14H2,1H3. The van der Waals surface area contributed by atoms with E-state index in [9.17, 15) is 13.2 Å². The van der Waals surface area contributed by atoms with Crippen LogP contribution in [0.2, 0.25) is 0 Å². The van der Waals surface area contributed by atoms with Gasteiger partial charge in [0.15, 0.2) is 0 Å². The highest BCUT2D eigenvalue weighted by atomic mass is 32.2. The van der Waals surface area contributed by atoms with Crippen molar-refractivity contribution in [2.24, 2.45) is 0 Å². The van der Waals surface area contributed by atoms with E-state index in [1.54, 1.807) is 17.0 Å². The topological polar surface area (TPSA) is 66.9 Å². The van der Waals surface area contributed by atoms with E-state index in [1.807, 2.05) is 24.3 Å². The predicted molar refractivity (Wildman–Crippen MR) is 107 cm³/mol. The lowest BCUT2D eigenvalue weighted by molar-refractivity contribution is 0.0792. The first-order chi connectivity index (χ1) is 13.5. The average molecular weight is 401 g/mol. The van der Waals surface area contributed by atoms with E-state index in [0.29, 0.717) is 30.9 Å². The molecule has 2 aromatic carbocycles. The number of para-hydroxylation sites is 1. The van der Waals surface area contributed by atoms with Crippen LogP contribution in [0.4, 0.5) is 5.69 Å². The third-order valence-corrected chi connectivity index (χ3v) is 7.27. The van der Waals surface area contributed by atoms with Gasteiger partial charge in [0, 0.05) is 25.2 Å². The molecule has 2 aliphatic heterocycles. The number of amides is 1. The maximum Gasteiger partial charge on any atom is 0.268 e. The summed E-state index contributed by atoms with van der Waals surface area (Å²) >= 11 is 0. The Bertz CT molecular complexity index is 997. The summed E-state index contributed by atoms with van der Waals surface area (Å²) in [5, 5.41) is 0. The van der Waals surface area contributed by atoms with Gasteiger partial charge in [-0.1, -0.05) is 18.2 Å². The zero-order valence-corrected chi connectivity index (χ0v) is 16.7. The SMILES string of the molecule is COc1ccc(C(=O)N2CCCC2)cc1S(=O)(=O)N1CCCc2ccccc21. The Morgan fingerprint density at radius 3 is 2.50 bits per heavy atom. The number of hydrogen-bond donors (Lipinski definition) is 0. The smallest absolute Gasteiger partial charge is 0.268 e. The summed E-state index contributed by atoms with van der Waals surface area (Å²) in [6, 6.07) is 12.2. The van der Waals surface area contributed by atoms with Crippen molar-refractivity contribution < 1.29 is 17.9 Å². The Morgan fingerprint density at radius 1 is 1.00 bits per heavy atom. The van der Waals surface area contributed by atoms with Crippen LogP contribution >= 0.6 is 0 Å². The molecule has 1 saturated heterocycles. The van der Waals surface area contributed by atoms with Crippen molar-refractivity contribution in [1.29, 1.82) is 0 Å². The highest BCUT2D eigenvalue weighted by molar-refractivity contribution is 7.93. The van der Waals surface area contributed by atoms with E-state index in [2.05, 4.69) is 0 Å². The molecule has 0 unspecified atom stereocenters. The fourth-order valence-electron chi connectivity index (χ4n) is 3.98. The van der Waals surface area contributed by atoms with Crippen LogP contribution in [0.5, 0.6) is 5.75 Å². The first-order valence-corrected chi connectivity index (χ1v) is 11.0. The molecule has 0 spiro atoms. The molecule has 0 N–H and O–H groups in total. The minimum atomic E-state index is -3.86. The van der Waals surface area contributed by atoms with Crippen molar-refractivity contribution in [1.82, 2.24) is 4.90 Å². The Morgan fingerprint density at radius 2 is 1.75 bits per heavy atom. The molecule has 0 aliphatic carbocycles. The Balaban J connectivity index is 1.77. The Labute approximate surface area is 165 Å². The van der Waals surface area contributed by atoms with Gasteiger partial charge in [0.2, 0.25) is 0 Å². The lowest BCUT2D eigenvalue weighted by atomic mass is 10.0. The van der Waals surface area contributed by atoms with E-state index >= 15 is 0 Å². The van der Waals surface area contributed by atoms with Gasteiger partial charge in [0.25, 0.3) is 15.9 Å². The van der Waals surface area contributed by atoms with Gasteiger partial charge in [-0.15, -0.1) is 0 Å². The maximum absolute atomic E-state index is 13.5. The minimum Gasteiger partial charge on any atom is -0.495 e. The van der Waals surface area contributed by atoms with Gasteiger partial charge in [-0.05, 0) is 55.5 Å². The number of aryl methyl sites for hydroxylation is 1. The Hall–Kier alpha value is -2.54. The van der Waals surface area contributed by atoms with E-state index in [0.717, 1.165) is 31.2 Å². The van der Waals surface area contributed by atoms with E-state index < -0.39 is 10.0 Å². The third kappa shape index (κ3) is 3.24. The lowest BCUT2D eigenvalue weighted by Crippen LogP contribution is -2.36. The van der Waals surface area contributed by atoms with Gasteiger partial charge in [-0.25, -0.2) is 8.42 Å². The Kier molecular flexibility index (Phi) is 5.02. The molecule has 7 heteroatoms. The first-order valence-electron chi connectivity index (χ1n) is 9.60. The van der Waals surface area contributed by atoms with Gasteiger partial charge >= 0.3 is 0 Å². The number of fused-ring (bicyclic) bond motifs is 1. The number of ether oxygens (including phenoxy) is 1. The summed E-state index contributed by atoms with van der Waals surface area (Å²) in [5.41, 5.74) is 2.10. The molecule has 1 fully saturated rings. The summed E-state index contributed by atoms with van der Waals surface area (Å²) in [5.74, 6) is 0.122. The molecule has 4 rings (SSSR count). The van der Waals surface area contributed by atoms with Crippen molar-refractivity contribution in [3.05, 3.63) is 53.6 Å². The maximum atomic E-state index is 13.5. The predicted octanol–water partition coefficient (Wildman–Crippen LogP) is 3.07. The monoisotopic (exact) mass is 400 g/mol. The average Bonchev–Trinajstić information content (AvgIpc) is 3.27. The van der Waals surface area contributed by atoms with Crippen molar-refractivity contribution in [3.63, 3.8) is 0 Å². The highest BCUT2D eigenvalue weighted by Gasteiger charge is 2.32. The van der Waals surface area contributed by atoms with Gasteiger partial charge in [0.1, 0.15) is 10.6 Å². The molecule has 0 saturated carbocycles. The first kappa shape index (κ1) is 18.8. The van der Waals surface area contributed by atoms with Crippen LogP contribution < -0.4 is 9.04 Å². The number of hydrogen-bond acceptors (Lipinski definition) is 4. The number of methoxy groups -OCH3 is 1. The van der Waals surface area contributed by atoms with Crippen molar-refractivity contribution in [2.45, 2.75) is 30.6 Å². The molecule has 28 heavy (non-hydrogen) atoms. The second kappa shape index (κ2) is 7.47. The fourth-order valence-corrected chi connectivity index (χ4v) is 5.71. The number of rotatable bonds is 4. The molecule has 6 nitrogen and oxygen atoms in total. The number of carbonyl (C=O) groups is 1. The molecule has 0 bridgehead atoms. The second-order valence-electron chi connectivity index (χ2n) is 7.17. The van der Waals surface area contributed by atoms with E-state index in [4.69, 9.17) is 4.74 Å². The zero-order valence-electron chi connectivity index (χ0n) is 15.9. The normalized spacial score (nSPS) is 16.8. The molecule has 2 heterocycles. The second-order valence-corrected chi connectivity index (χ2v) is 9.01. The molecule has 0 aromatic heterocycles. The van der Waals surface area contributed by atoms with E-state index in [1.165, 1.54) is 17.5 Å². The zero-order chi connectivity index (χ0) is 19.7. The number of likely N-dealkylation sites (tertiary alicyclic amines) is 1. The van der Waals surface area contributed by atoms with Gasteiger partial charge < -0.3 is 9.64 Å². The summed E-state index contributed by atoms with van der Waals surface area (Å²) in [7, 11) is -2.42. The number of carbonyl (C=O) groups excluding carboxylic acids is 1. The number of anilines is 1. The number of benzene rings is 2. The van der Waals surface area contributed by atoms with Crippen LogP contribution in [0.15, 0.2) is 47.4 Å². The number of nitrogens with zero attached hydrogens (tertiary/aromatic N) is 2. The summed E-state index contributed by atoms with van der Waals surface area (Å²) in [6.07, 6.45) is 3.58. The molecule has 0 atom stereocenters. The fraction of sp³-hybridized carbons (Fsp3) is 0.381. The van der Waals surface area contributed by atoms with E-state index in [-0.39, 0.29) is 16.6 Å². The molecule has 148 valence electrons. The van der Waals surface area contributed by atoms with Crippen LogP contribution in [0.25, 0.3) is 0 Å². The molecule has 1 amide bonds. The van der Waals surface area contributed by atoms with Gasteiger partial charge in [-0.3, -0.25) is 9.10 Å². The summed E-state index contributed by atoms with van der Waals surface area (Å²) < 4.78 is 33.9. The van der Waals surface area contributed by atoms with Crippen LogP contribution in [0.3, 0.4) is 0 Å². The molecular formula is C21H24N2O4S. The molecule has 2 aliphatic rings. The van der Waals surface area contributed by atoms with Crippen molar-refractivity contribution >= 4 is 21.6 Å².